The Balaban J connectivity index is 2.38. The third-order valence-corrected chi connectivity index (χ3v) is 4.51. The fourth-order valence-electron chi connectivity index (χ4n) is 2.25. The number of carbonyl (C=O) groups excluding carboxylic acids is 1. The molecule has 0 radical (unpaired) electrons. The number of carboxylic acids is 2. The summed E-state index contributed by atoms with van der Waals surface area (Å²) in [6, 6.07) is -2.70. The topological polar surface area (TPSA) is 107 Å². The zero-order chi connectivity index (χ0) is 13.0. The maximum absolute atomic E-state index is 11.6. The van der Waals surface area contributed by atoms with Crippen LogP contribution in [0, 0.1) is 0 Å². The molecule has 0 aromatic heterocycles. The van der Waals surface area contributed by atoms with Crippen molar-refractivity contribution in [2.24, 2.45) is 0 Å². The zero-order valence-electron chi connectivity index (χ0n) is 9.21. The molecule has 1 unspecified atom stereocenters. The highest BCUT2D eigenvalue weighted by atomic mass is 32.2. The predicted octanol–water partition coefficient (Wildman–Crippen LogP) is -0.231. The number of nitrogens with zero attached hydrogens (tertiary/aromatic N) is 1. The van der Waals surface area contributed by atoms with Crippen LogP contribution in [0.5, 0.6) is 0 Å². The van der Waals surface area contributed by atoms with Crippen molar-refractivity contribution in [3.8, 4) is 0 Å². The van der Waals surface area contributed by atoms with Crippen LogP contribution < -0.4 is 5.32 Å². The first-order valence-electron chi connectivity index (χ1n) is 4.98. The lowest BCUT2D eigenvalue weighted by Crippen LogP contribution is -2.49. The molecular formula is C9H12N2O5S. The Labute approximate surface area is 101 Å². The molecule has 17 heavy (non-hydrogen) atoms. The van der Waals surface area contributed by atoms with Gasteiger partial charge in [0.1, 0.15) is 11.4 Å². The molecule has 7 nitrogen and oxygen atoms in total. The first kappa shape index (κ1) is 12.0. The Kier molecular flexibility index (Phi) is 2.49. The van der Waals surface area contributed by atoms with E-state index in [-0.39, 0.29) is 0 Å². The van der Waals surface area contributed by atoms with E-state index in [2.05, 4.69) is 5.32 Å². The number of hydrogen-bond donors (Lipinski definition) is 3. The molecule has 94 valence electrons. The number of urea groups is 1. The van der Waals surface area contributed by atoms with Crippen LogP contribution >= 0.6 is 11.8 Å². The second-order valence-corrected chi connectivity index (χ2v) is 6.30. The molecule has 3 N–H and O–H groups in total. The van der Waals surface area contributed by atoms with Crippen LogP contribution in [0.15, 0.2) is 0 Å². The molecule has 2 saturated heterocycles. The SMILES string of the molecule is CC1(C)S[C@@H]2[C@@H](C(=O)O)NC(=O)N2C1C(=O)O. The second kappa shape index (κ2) is 3.52. The number of aliphatic carboxylic acids is 2. The monoisotopic (exact) mass is 260 g/mol. The van der Waals surface area contributed by atoms with E-state index in [4.69, 9.17) is 10.2 Å². The number of amides is 2. The normalized spacial score (nSPS) is 34.4. The highest BCUT2D eigenvalue weighted by Gasteiger charge is 2.60. The summed E-state index contributed by atoms with van der Waals surface area (Å²) in [6.07, 6.45) is 0. The predicted molar refractivity (Wildman–Crippen MR) is 58.7 cm³/mol. The molecule has 2 rings (SSSR count). The molecule has 0 spiro atoms. The Morgan fingerprint density at radius 2 is 1.94 bits per heavy atom. The third-order valence-electron chi connectivity index (χ3n) is 2.93. The van der Waals surface area contributed by atoms with Crippen LogP contribution in [0.25, 0.3) is 0 Å². The van der Waals surface area contributed by atoms with Crippen LogP contribution in [0.3, 0.4) is 0 Å². The number of nitrogens with one attached hydrogen (secondary N) is 1. The van der Waals surface area contributed by atoms with Gasteiger partial charge in [0.15, 0.2) is 6.04 Å². The van der Waals surface area contributed by atoms with Gasteiger partial charge in [-0.1, -0.05) is 0 Å². The van der Waals surface area contributed by atoms with Gasteiger partial charge in [0.05, 0.1) is 0 Å². The fourth-order valence-corrected chi connectivity index (χ4v) is 3.87. The molecule has 2 heterocycles. The number of carbonyl (C=O) groups is 3. The molecule has 0 aliphatic carbocycles. The van der Waals surface area contributed by atoms with Gasteiger partial charge in [0, 0.05) is 4.75 Å². The van der Waals surface area contributed by atoms with Gasteiger partial charge in [-0.15, -0.1) is 11.8 Å². The van der Waals surface area contributed by atoms with E-state index in [1.165, 1.54) is 11.8 Å². The number of fused-ring (bicyclic) bond motifs is 1. The Hall–Kier alpha value is -1.44. The quantitative estimate of drug-likeness (QED) is 0.633. The molecule has 2 aliphatic rings. The van der Waals surface area contributed by atoms with Crippen LogP contribution in [0.2, 0.25) is 0 Å². The second-order valence-electron chi connectivity index (χ2n) is 4.53. The van der Waals surface area contributed by atoms with Gasteiger partial charge in [-0.05, 0) is 13.8 Å². The van der Waals surface area contributed by atoms with Gasteiger partial charge in [0.25, 0.3) is 0 Å². The zero-order valence-corrected chi connectivity index (χ0v) is 10.0. The Bertz CT molecular complexity index is 410. The minimum atomic E-state index is -1.15. The molecular weight excluding hydrogens is 248 g/mol. The van der Waals surface area contributed by atoms with Gasteiger partial charge < -0.3 is 15.5 Å². The van der Waals surface area contributed by atoms with E-state index in [9.17, 15) is 14.4 Å². The minimum absolute atomic E-state index is 0.632. The largest absolute Gasteiger partial charge is 0.480 e. The van der Waals surface area contributed by atoms with Crippen LogP contribution in [0.1, 0.15) is 13.8 Å². The fraction of sp³-hybridized carbons (Fsp3) is 0.667. The van der Waals surface area contributed by atoms with Crippen LogP contribution in [-0.4, -0.2) is 55.3 Å². The Morgan fingerprint density at radius 1 is 1.35 bits per heavy atom. The molecule has 2 fully saturated rings. The van der Waals surface area contributed by atoms with Crippen molar-refractivity contribution >= 4 is 29.7 Å². The minimum Gasteiger partial charge on any atom is -0.480 e. The van der Waals surface area contributed by atoms with Crippen molar-refractivity contribution in [2.45, 2.75) is 36.1 Å². The van der Waals surface area contributed by atoms with Gasteiger partial charge in [-0.2, -0.15) is 0 Å². The highest BCUT2D eigenvalue weighted by molar-refractivity contribution is 8.01. The highest BCUT2D eigenvalue weighted by Crippen LogP contribution is 2.47. The molecule has 8 heteroatoms. The van der Waals surface area contributed by atoms with Crippen molar-refractivity contribution in [1.82, 2.24) is 10.2 Å². The van der Waals surface area contributed by atoms with Crippen molar-refractivity contribution in [1.29, 1.82) is 0 Å². The van der Waals surface area contributed by atoms with Crippen LogP contribution in [-0.2, 0) is 9.59 Å². The molecule has 0 bridgehead atoms. The number of carboxylic acid groups (broad SMARTS) is 2. The molecule has 3 atom stereocenters. The van der Waals surface area contributed by atoms with E-state index in [1.807, 2.05) is 0 Å². The molecule has 0 saturated carbocycles. The molecule has 2 amide bonds. The summed E-state index contributed by atoms with van der Waals surface area (Å²) in [5.41, 5.74) is 0. The summed E-state index contributed by atoms with van der Waals surface area (Å²) >= 11 is 1.20. The standard InChI is InChI=1S/C9H12N2O5S/c1-9(2)4(7(14)15)11-5(17-9)3(6(12)13)10-8(11)16/h3-5H,1-2H3,(H,10,16)(H,12,13)(H,14,15)/t3-,4?,5+/m0/s1. The van der Waals surface area contributed by atoms with E-state index < -0.39 is 40.2 Å². The Morgan fingerprint density at radius 3 is 2.41 bits per heavy atom. The summed E-state index contributed by atoms with van der Waals surface area (Å²) in [6.45, 7) is 3.39. The summed E-state index contributed by atoms with van der Waals surface area (Å²) in [5, 5.41) is 19.7. The maximum atomic E-state index is 11.6. The van der Waals surface area contributed by atoms with Crippen molar-refractivity contribution in [2.75, 3.05) is 0 Å². The summed E-state index contributed by atoms with van der Waals surface area (Å²) in [7, 11) is 0. The summed E-state index contributed by atoms with van der Waals surface area (Å²) in [5.74, 6) is -2.27. The van der Waals surface area contributed by atoms with Gasteiger partial charge in [-0.3, -0.25) is 4.90 Å². The molecule has 0 aromatic carbocycles. The van der Waals surface area contributed by atoms with Gasteiger partial charge in [0.2, 0.25) is 0 Å². The number of thioether (sulfide) groups is 1. The lowest BCUT2D eigenvalue weighted by molar-refractivity contribution is -0.143. The van der Waals surface area contributed by atoms with E-state index in [0.717, 1.165) is 4.90 Å². The van der Waals surface area contributed by atoms with E-state index in [1.54, 1.807) is 13.8 Å². The lowest BCUT2D eigenvalue weighted by Gasteiger charge is -2.25. The lowest BCUT2D eigenvalue weighted by atomic mass is 10.0. The summed E-state index contributed by atoms with van der Waals surface area (Å²) < 4.78 is -0.706. The van der Waals surface area contributed by atoms with Crippen molar-refractivity contribution in [3.05, 3.63) is 0 Å². The summed E-state index contributed by atoms with van der Waals surface area (Å²) in [4.78, 5) is 34.9. The smallest absolute Gasteiger partial charge is 0.329 e. The van der Waals surface area contributed by atoms with Crippen molar-refractivity contribution in [3.63, 3.8) is 0 Å². The van der Waals surface area contributed by atoms with Gasteiger partial charge in [-0.25, -0.2) is 14.4 Å². The van der Waals surface area contributed by atoms with E-state index >= 15 is 0 Å². The first-order chi connectivity index (χ1) is 7.75. The molecule has 2 aliphatic heterocycles. The van der Waals surface area contributed by atoms with Gasteiger partial charge >= 0.3 is 18.0 Å². The maximum Gasteiger partial charge on any atom is 0.329 e. The number of rotatable bonds is 2. The van der Waals surface area contributed by atoms with Crippen molar-refractivity contribution < 1.29 is 24.6 Å². The van der Waals surface area contributed by atoms with E-state index in [0.29, 0.717) is 0 Å². The average molecular weight is 260 g/mol. The molecule has 0 aromatic rings. The van der Waals surface area contributed by atoms with Crippen LogP contribution in [0.4, 0.5) is 4.79 Å². The first-order valence-corrected chi connectivity index (χ1v) is 5.86. The third kappa shape index (κ3) is 1.63. The number of hydrogen-bond acceptors (Lipinski definition) is 4. The average Bonchev–Trinajstić information content (AvgIpc) is 2.59.